The van der Waals surface area contributed by atoms with Gasteiger partial charge in [0.05, 0.1) is 6.26 Å². The summed E-state index contributed by atoms with van der Waals surface area (Å²) in [5.41, 5.74) is 0.272. The van der Waals surface area contributed by atoms with E-state index in [2.05, 4.69) is 27.8 Å². The van der Waals surface area contributed by atoms with Crippen LogP contribution in [0.4, 0.5) is 5.88 Å². The molecule has 0 atom stereocenters. The molecule has 2 aromatic heterocycles. The summed E-state index contributed by atoms with van der Waals surface area (Å²) in [7, 11) is 0. The molecule has 1 aliphatic heterocycles. The van der Waals surface area contributed by atoms with Crippen LogP contribution in [-0.2, 0) is 4.79 Å². The SMILES string of the molecule is CCC1CCC(N(C(=O)C2CCN(c3oc(-c4ccco4)nc3C#N)CC2)C2CC2)CC1. The van der Waals surface area contributed by atoms with Crippen LogP contribution < -0.4 is 4.90 Å². The second kappa shape index (κ2) is 9.01. The van der Waals surface area contributed by atoms with Gasteiger partial charge < -0.3 is 18.6 Å². The number of carbonyl (C=O) groups excluding carboxylic acids is 1. The van der Waals surface area contributed by atoms with Crippen LogP contribution in [-0.4, -0.2) is 41.0 Å². The fourth-order valence-electron chi connectivity index (χ4n) is 5.49. The highest BCUT2D eigenvalue weighted by Crippen LogP contribution is 2.39. The van der Waals surface area contributed by atoms with Gasteiger partial charge in [-0.3, -0.25) is 4.79 Å². The smallest absolute Gasteiger partial charge is 0.266 e. The van der Waals surface area contributed by atoms with Gasteiger partial charge in [-0.05, 0) is 69.4 Å². The standard InChI is InChI=1S/C25H32N4O3/c1-2-17-5-7-19(8-6-17)29(20-9-10-20)24(30)18-11-13-28(14-12-18)25-21(16-26)27-23(32-25)22-4-3-15-31-22/h3-4,15,17-20H,2,5-14H2,1H3. The average molecular weight is 437 g/mol. The molecule has 0 N–H and O–H groups in total. The Morgan fingerprint density at radius 2 is 1.84 bits per heavy atom. The highest BCUT2D eigenvalue weighted by atomic mass is 16.4. The summed E-state index contributed by atoms with van der Waals surface area (Å²) in [6.07, 6.45) is 11.6. The molecule has 2 aromatic rings. The number of amides is 1. The number of piperidine rings is 1. The van der Waals surface area contributed by atoms with E-state index in [0.29, 0.717) is 48.6 Å². The summed E-state index contributed by atoms with van der Waals surface area (Å²) >= 11 is 0. The summed E-state index contributed by atoms with van der Waals surface area (Å²) in [6.45, 7) is 3.67. The first-order valence-corrected chi connectivity index (χ1v) is 12.2. The molecule has 5 rings (SSSR count). The molecule has 0 unspecified atom stereocenters. The fraction of sp³-hybridized carbons (Fsp3) is 0.640. The molecule has 7 nitrogen and oxygen atoms in total. The van der Waals surface area contributed by atoms with E-state index < -0.39 is 0 Å². The van der Waals surface area contributed by atoms with E-state index in [9.17, 15) is 10.1 Å². The van der Waals surface area contributed by atoms with E-state index in [1.54, 1.807) is 18.4 Å². The highest BCUT2D eigenvalue weighted by Gasteiger charge is 2.42. The Bertz CT molecular complexity index is 956. The van der Waals surface area contributed by atoms with Crippen LogP contribution in [0.25, 0.3) is 11.7 Å². The zero-order chi connectivity index (χ0) is 22.1. The van der Waals surface area contributed by atoms with Crippen molar-refractivity contribution in [2.75, 3.05) is 18.0 Å². The van der Waals surface area contributed by atoms with Crippen LogP contribution in [0.1, 0.15) is 70.4 Å². The maximum Gasteiger partial charge on any atom is 0.266 e. The number of oxazole rings is 1. The molecule has 32 heavy (non-hydrogen) atoms. The molecule has 2 aliphatic carbocycles. The fourth-order valence-corrected chi connectivity index (χ4v) is 5.49. The van der Waals surface area contributed by atoms with E-state index in [-0.39, 0.29) is 11.6 Å². The first-order valence-electron chi connectivity index (χ1n) is 12.2. The Kier molecular flexibility index (Phi) is 5.95. The van der Waals surface area contributed by atoms with Crippen LogP contribution in [0.5, 0.6) is 0 Å². The van der Waals surface area contributed by atoms with Gasteiger partial charge in [0, 0.05) is 31.1 Å². The molecule has 0 bridgehead atoms. The van der Waals surface area contributed by atoms with Crippen molar-refractivity contribution < 1.29 is 13.6 Å². The lowest BCUT2D eigenvalue weighted by Gasteiger charge is -2.40. The Morgan fingerprint density at radius 1 is 1.16 bits per heavy atom. The second-order valence-electron chi connectivity index (χ2n) is 9.58. The number of furan rings is 1. The van der Waals surface area contributed by atoms with Crippen LogP contribution in [0, 0.1) is 23.2 Å². The van der Waals surface area contributed by atoms with Gasteiger partial charge in [0.15, 0.2) is 5.76 Å². The van der Waals surface area contributed by atoms with Gasteiger partial charge >= 0.3 is 0 Å². The van der Waals surface area contributed by atoms with Gasteiger partial charge in [-0.15, -0.1) is 0 Å². The van der Waals surface area contributed by atoms with Crippen molar-refractivity contribution in [1.29, 1.82) is 5.26 Å². The minimum absolute atomic E-state index is 0.0637. The van der Waals surface area contributed by atoms with E-state index in [4.69, 9.17) is 8.83 Å². The van der Waals surface area contributed by atoms with E-state index in [0.717, 1.165) is 31.6 Å². The molecule has 3 heterocycles. The quantitative estimate of drug-likeness (QED) is 0.635. The van der Waals surface area contributed by atoms with Gasteiger partial charge in [0.25, 0.3) is 5.89 Å². The van der Waals surface area contributed by atoms with Gasteiger partial charge in [-0.2, -0.15) is 10.2 Å². The topological polar surface area (TPSA) is 86.5 Å². The first kappa shape index (κ1) is 21.1. The minimum atomic E-state index is 0.0637. The van der Waals surface area contributed by atoms with Crippen molar-refractivity contribution in [3.63, 3.8) is 0 Å². The van der Waals surface area contributed by atoms with E-state index in [1.165, 1.54) is 32.1 Å². The third-order valence-corrected chi connectivity index (χ3v) is 7.56. The minimum Gasteiger partial charge on any atom is -0.459 e. The summed E-state index contributed by atoms with van der Waals surface area (Å²) in [5, 5.41) is 9.53. The lowest BCUT2D eigenvalue weighted by Crippen LogP contribution is -2.49. The Labute approximate surface area is 189 Å². The lowest BCUT2D eigenvalue weighted by atomic mass is 9.83. The molecule has 7 heteroatoms. The number of hydrogen-bond donors (Lipinski definition) is 0. The van der Waals surface area contributed by atoms with Crippen LogP contribution in [0.3, 0.4) is 0 Å². The normalized spacial score (nSPS) is 24.3. The third kappa shape index (κ3) is 4.15. The van der Waals surface area contributed by atoms with Crippen molar-refractivity contribution in [2.45, 2.75) is 76.8 Å². The number of nitrogens with zero attached hydrogens (tertiary/aromatic N) is 4. The molecule has 0 spiro atoms. The lowest BCUT2D eigenvalue weighted by molar-refractivity contribution is -0.140. The summed E-state index contributed by atoms with van der Waals surface area (Å²) in [6, 6.07) is 6.58. The van der Waals surface area contributed by atoms with E-state index in [1.807, 2.05) is 0 Å². The predicted molar refractivity (Wildman–Crippen MR) is 120 cm³/mol. The van der Waals surface area contributed by atoms with Crippen LogP contribution in [0.2, 0.25) is 0 Å². The van der Waals surface area contributed by atoms with Crippen molar-refractivity contribution in [2.24, 2.45) is 11.8 Å². The monoisotopic (exact) mass is 436 g/mol. The molecule has 3 fully saturated rings. The predicted octanol–water partition coefficient (Wildman–Crippen LogP) is 4.98. The van der Waals surface area contributed by atoms with Crippen LogP contribution in [0.15, 0.2) is 27.2 Å². The first-order chi connectivity index (χ1) is 15.7. The largest absolute Gasteiger partial charge is 0.459 e. The van der Waals surface area contributed by atoms with Crippen LogP contribution >= 0.6 is 0 Å². The maximum absolute atomic E-state index is 13.6. The van der Waals surface area contributed by atoms with Gasteiger partial charge in [-0.25, -0.2) is 0 Å². The summed E-state index contributed by atoms with van der Waals surface area (Å²) in [5.74, 6) is 2.59. The van der Waals surface area contributed by atoms with E-state index >= 15 is 0 Å². The van der Waals surface area contributed by atoms with Crippen molar-refractivity contribution in [3.05, 3.63) is 24.1 Å². The van der Waals surface area contributed by atoms with Gasteiger partial charge in [0.1, 0.15) is 6.07 Å². The zero-order valence-electron chi connectivity index (χ0n) is 18.8. The molecule has 2 saturated carbocycles. The molecule has 1 amide bonds. The Balaban J connectivity index is 1.23. The molecular weight excluding hydrogens is 404 g/mol. The zero-order valence-corrected chi connectivity index (χ0v) is 18.8. The number of carbonyl (C=O) groups is 1. The third-order valence-electron chi connectivity index (χ3n) is 7.56. The van der Waals surface area contributed by atoms with Crippen molar-refractivity contribution in [1.82, 2.24) is 9.88 Å². The molecule has 3 aliphatic rings. The molecule has 1 saturated heterocycles. The second-order valence-corrected chi connectivity index (χ2v) is 9.58. The number of anilines is 1. The number of rotatable bonds is 6. The maximum atomic E-state index is 13.6. The Morgan fingerprint density at radius 3 is 2.41 bits per heavy atom. The molecule has 170 valence electrons. The summed E-state index contributed by atoms with van der Waals surface area (Å²) in [4.78, 5) is 22.2. The number of aromatic nitrogens is 1. The van der Waals surface area contributed by atoms with Gasteiger partial charge in [-0.1, -0.05) is 13.3 Å². The summed E-state index contributed by atoms with van der Waals surface area (Å²) < 4.78 is 11.3. The van der Waals surface area contributed by atoms with Gasteiger partial charge in [0.2, 0.25) is 17.5 Å². The molecular formula is C25H32N4O3. The van der Waals surface area contributed by atoms with Crippen molar-refractivity contribution in [3.8, 4) is 17.7 Å². The Hall–Kier alpha value is -2.75. The highest BCUT2D eigenvalue weighted by molar-refractivity contribution is 5.80. The number of hydrogen-bond acceptors (Lipinski definition) is 6. The number of nitriles is 1. The molecule has 0 aromatic carbocycles. The molecule has 0 radical (unpaired) electrons. The van der Waals surface area contributed by atoms with Crippen molar-refractivity contribution >= 4 is 11.8 Å². The average Bonchev–Trinajstić information content (AvgIpc) is 3.34.